The smallest absolute Gasteiger partial charge is 0.262 e. The molecule has 4 rings (SSSR count). The number of anilines is 1. The topological polar surface area (TPSA) is 111 Å². The minimum Gasteiger partial charge on any atom is -0.493 e. The normalized spacial score (nSPS) is 16.3. The predicted octanol–water partition coefficient (Wildman–Crippen LogP) is 4.31. The average molecular weight is 581 g/mol. The Kier molecular flexibility index (Phi) is 8.12. The predicted molar refractivity (Wildman–Crippen MR) is 147 cm³/mol. The molecule has 1 atom stereocenters. The van der Waals surface area contributed by atoms with Crippen LogP contribution in [-0.2, 0) is 19.9 Å². The van der Waals surface area contributed by atoms with E-state index in [0.717, 1.165) is 25.8 Å². The highest BCUT2D eigenvalue weighted by Crippen LogP contribution is 2.39. The van der Waals surface area contributed by atoms with Crippen LogP contribution in [0.25, 0.3) is 11.1 Å². The second-order valence-corrected chi connectivity index (χ2v) is 13.1. The summed E-state index contributed by atoms with van der Waals surface area (Å²) in [6.45, 7) is 1.65. The number of likely N-dealkylation sites (N-methyl/N-ethyl adjacent to an activating group) is 1. The lowest BCUT2D eigenvalue weighted by Gasteiger charge is -2.18. The Morgan fingerprint density at radius 1 is 0.921 bits per heavy atom. The average Bonchev–Trinajstić information content (AvgIpc) is 3.29. The monoisotopic (exact) mass is 580 g/mol. The van der Waals surface area contributed by atoms with Crippen LogP contribution in [0.15, 0.2) is 64.4 Å². The molecule has 1 saturated heterocycles. The van der Waals surface area contributed by atoms with Crippen molar-refractivity contribution in [3.63, 3.8) is 0 Å². The third-order valence-corrected chi connectivity index (χ3v) is 9.06. The van der Waals surface area contributed by atoms with Crippen LogP contribution in [0.3, 0.4) is 0 Å². The van der Waals surface area contributed by atoms with Crippen molar-refractivity contribution in [2.75, 3.05) is 45.3 Å². The molecule has 1 heterocycles. The van der Waals surface area contributed by atoms with Gasteiger partial charge in [0.1, 0.15) is 11.9 Å². The largest absolute Gasteiger partial charge is 0.493 e. The summed E-state index contributed by atoms with van der Waals surface area (Å²) in [5, 5.41) is 0.375. The number of ether oxygens (including phenoxy) is 3. The van der Waals surface area contributed by atoms with Crippen LogP contribution in [0, 0.1) is 0 Å². The highest BCUT2D eigenvalue weighted by atomic mass is 35.5. The molecule has 3 aromatic rings. The van der Waals surface area contributed by atoms with Gasteiger partial charge in [-0.05, 0) is 49.4 Å². The van der Waals surface area contributed by atoms with Crippen molar-refractivity contribution in [2.45, 2.75) is 22.3 Å². The van der Waals surface area contributed by atoms with E-state index in [1.807, 2.05) is 7.05 Å². The number of sulfone groups is 1. The summed E-state index contributed by atoms with van der Waals surface area (Å²) in [5.74, 6) is 0.920. The van der Waals surface area contributed by atoms with Crippen LogP contribution < -0.4 is 18.9 Å². The fourth-order valence-electron chi connectivity index (χ4n) is 4.23. The second kappa shape index (κ2) is 11.0. The zero-order chi connectivity index (χ0) is 27.7. The van der Waals surface area contributed by atoms with Crippen LogP contribution in [0.2, 0.25) is 5.02 Å². The third-order valence-electron chi connectivity index (χ3n) is 6.19. The first-order chi connectivity index (χ1) is 17.9. The molecular weight excluding hydrogens is 552 g/mol. The number of benzene rings is 3. The third kappa shape index (κ3) is 6.17. The molecule has 0 saturated carbocycles. The highest BCUT2D eigenvalue weighted by molar-refractivity contribution is 7.93. The number of nitrogens with zero attached hydrogens (tertiary/aromatic N) is 1. The molecule has 0 spiro atoms. The fourth-order valence-corrected chi connectivity index (χ4v) is 6.30. The SMILES string of the molecule is COc1cc(-c2ccc(S(C)(=O)=O)cc2)c(S(=O)(=O)Nc2ccc(Cl)c(O[C@@H]3CCN(C)C3)c2)cc1OC. The number of nitrogens with one attached hydrogen (secondary N) is 1. The van der Waals surface area contributed by atoms with Gasteiger partial charge in [-0.15, -0.1) is 0 Å². The molecule has 0 bridgehead atoms. The molecule has 3 aromatic carbocycles. The Hall–Kier alpha value is -2.99. The number of hydrogen-bond donors (Lipinski definition) is 1. The Labute approximate surface area is 228 Å². The summed E-state index contributed by atoms with van der Waals surface area (Å²) < 4.78 is 70.6. The molecule has 1 N–H and O–H groups in total. The molecule has 1 aliphatic rings. The Morgan fingerprint density at radius 2 is 1.58 bits per heavy atom. The molecule has 0 radical (unpaired) electrons. The Bertz CT molecular complexity index is 1540. The standard InChI is InChI=1S/C26H29ClN2O7S2/c1-29-12-11-19(16-29)36-23-13-18(7-10-22(23)27)28-38(32,33)26-15-25(35-3)24(34-2)14-21(26)17-5-8-20(9-6-17)37(4,30)31/h5-10,13-15,19,28H,11-12,16H2,1-4H3/t19-/m1/s1. The van der Waals surface area contributed by atoms with Gasteiger partial charge in [0, 0.05) is 37.0 Å². The summed E-state index contributed by atoms with van der Waals surface area (Å²) in [7, 11) is -2.73. The lowest BCUT2D eigenvalue weighted by molar-refractivity contribution is 0.208. The van der Waals surface area contributed by atoms with Gasteiger partial charge in [0.05, 0.1) is 34.7 Å². The second-order valence-electron chi connectivity index (χ2n) is 9.04. The van der Waals surface area contributed by atoms with E-state index in [1.165, 1.54) is 38.5 Å². The minimum absolute atomic E-state index is 0.0447. The molecule has 0 aromatic heterocycles. The number of halogens is 1. The van der Waals surface area contributed by atoms with Gasteiger partial charge in [0.15, 0.2) is 21.3 Å². The summed E-state index contributed by atoms with van der Waals surface area (Å²) in [6, 6.07) is 13.5. The zero-order valence-corrected chi connectivity index (χ0v) is 23.8. The number of sulfonamides is 1. The first kappa shape index (κ1) is 28.0. The van der Waals surface area contributed by atoms with E-state index in [-0.39, 0.29) is 27.3 Å². The van der Waals surface area contributed by atoms with Crippen molar-refractivity contribution in [3.05, 3.63) is 59.6 Å². The van der Waals surface area contributed by atoms with E-state index in [0.29, 0.717) is 27.6 Å². The molecule has 0 amide bonds. The number of likely N-dealkylation sites (tertiary alicyclic amines) is 1. The number of methoxy groups -OCH3 is 2. The van der Waals surface area contributed by atoms with E-state index < -0.39 is 19.9 Å². The highest BCUT2D eigenvalue weighted by Gasteiger charge is 2.25. The quantitative estimate of drug-likeness (QED) is 0.398. The molecular formula is C26H29ClN2O7S2. The van der Waals surface area contributed by atoms with Gasteiger partial charge >= 0.3 is 0 Å². The van der Waals surface area contributed by atoms with Gasteiger partial charge in [0.2, 0.25) is 0 Å². The van der Waals surface area contributed by atoms with E-state index in [4.69, 9.17) is 25.8 Å². The van der Waals surface area contributed by atoms with Crippen LogP contribution >= 0.6 is 11.6 Å². The van der Waals surface area contributed by atoms with Crippen LogP contribution in [0.1, 0.15) is 6.42 Å². The van der Waals surface area contributed by atoms with E-state index in [1.54, 1.807) is 30.3 Å². The first-order valence-electron chi connectivity index (χ1n) is 11.7. The summed E-state index contributed by atoms with van der Waals surface area (Å²) in [4.78, 5) is 2.18. The van der Waals surface area contributed by atoms with Crippen LogP contribution in [-0.4, -0.2) is 68.5 Å². The lowest BCUT2D eigenvalue weighted by atomic mass is 10.1. The molecule has 38 heavy (non-hydrogen) atoms. The van der Waals surface area contributed by atoms with Crippen molar-refractivity contribution < 1.29 is 31.0 Å². The van der Waals surface area contributed by atoms with Gasteiger partial charge in [-0.2, -0.15) is 0 Å². The number of rotatable bonds is 9. The van der Waals surface area contributed by atoms with Crippen molar-refractivity contribution in [1.29, 1.82) is 0 Å². The van der Waals surface area contributed by atoms with Gasteiger partial charge in [-0.3, -0.25) is 4.72 Å². The fraction of sp³-hybridized carbons (Fsp3) is 0.308. The van der Waals surface area contributed by atoms with E-state index in [2.05, 4.69) is 9.62 Å². The molecule has 1 fully saturated rings. The van der Waals surface area contributed by atoms with Crippen LogP contribution in [0.4, 0.5) is 5.69 Å². The summed E-state index contributed by atoms with van der Waals surface area (Å²) >= 11 is 6.33. The number of hydrogen-bond acceptors (Lipinski definition) is 8. The van der Waals surface area contributed by atoms with Gasteiger partial charge in [0.25, 0.3) is 10.0 Å². The van der Waals surface area contributed by atoms with E-state index >= 15 is 0 Å². The van der Waals surface area contributed by atoms with Gasteiger partial charge < -0.3 is 19.1 Å². The van der Waals surface area contributed by atoms with Crippen molar-refractivity contribution in [1.82, 2.24) is 4.90 Å². The maximum absolute atomic E-state index is 13.7. The Balaban J connectivity index is 1.73. The first-order valence-corrected chi connectivity index (χ1v) is 15.4. The molecule has 0 aliphatic carbocycles. The van der Waals surface area contributed by atoms with Gasteiger partial charge in [-0.25, -0.2) is 16.8 Å². The maximum atomic E-state index is 13.7. The lowest BCUT2D eigenvalue weighted by Crippen LogP contribution is -2.21. The molecule has 12 heteroatoms. The zero-order valence-electron chi connectivity index (χ0n) is 21.4. The van der Waals surface area contributed by atoms with Crippen molar-refractivity contribution >= 4 is 37.1 Å². The van der Waals surface area contributed by atoms with E-state index in [9.17, 15) is 16.8 Å². The van der Waals surface area contributed by atoms with Crippen molar-refractivity contribution in [2.24, 2.45) is 0 Å². The summed E-state index contributed by atoms with van der Waals surface area (Å²) in [5.41, 5.74) is 1.04. The maximum Gasteiger partial charge on any atom is 0.262 e. The molecule has 0 unspecified atom stereocenters. The van der Waals surface area contributed by atoms with Crippen LogP contribution in [0.5, 0.6) is 17.2 Å². The van der Waals surface area contributed by atoms with Crippen molar-refractivity contribution in [3.8, 4) is 28.4 Å². The Morgan fingerprint density at radius 3 is 2.16 bits per heavy atom. The summed E-state index contributed by atoms with van der Waals surface area (Å²) in [6.07, 6.45) is 1.90. The van der Waals surface area contributed by atoms with Gasteiger partial charge in [-0.1, -0.05) is 23.7 Å². The molecule has 9 nitrogen and oxygen atoms in total. The molecule has 1 aliphatic heterocycles. The minimum atomic E-state index is -4.16. The molecule has 204 valence electrons.